The molecule has 0 fully saturated rings. The van der Waals surface area contributed by atoms with Gasteiger partial charge in [0.25, 0.3) is 5.91 Å². The normalized spacial score (nSPS) is 11.4. The number of sulfone groups is 1. The summed E-state index contributed by atoms with van der Waals surface area (Å²) in [5.41, 5.74) is 0.336. The van der Waals surface area contributed by atoms with Gasteiger partial charge in [-0.2, -0.15) is 0 Å². The summed E-state index contributed by atoms with van der Waals surface area (Å²) in [4.78, 5) is 16.0. The van der Waals surface area contributed by atoms with Gasteiger partial charge in [0, 0.05) is 24.4 Å². The molecular weight excluding hydrogens is 276 g/mol. The zero-order chi connectivity index (χ0) is 14.6. The van der Waals surface area contributed by atoms with Crippen LogP contribution in [-0.4, -0.2) is 37.9 Å². The first-order chi connectivity index (χ1) is 9.46. The van der Waals surface area contributed by atoms with Crippen LogP contribution in [0.1, 0.15) is 16.9 Å². The van der Waals surface area contributed by atoms with E-state index in [1.165, 1.54) is 6.26 Å². The Bertz CT molecular complexity index is 726. The number of benzene rings is 1. The molecule has 0 saturated heterocycles. The van der Waals surface area contributed by atoms with Crippen molar-refractivity contribution in [1.82, 2.24) is 10.3 Å². The lowest BCUT2D eigenvalue weighted by molar-refractivity contribution is 0.0949. The molecule has 20 heavy (non-hydrogen) atoms. The van der Waals surface area contributed by atoms with Gasteiger partial charge in [0.15, 0.2) is 0 Å². The molecule has 1 aromatic heterocycles. The summed E-state index contributed by atoms with van der Waals surface area (Å²) in [6, 6.07) is 9.37. The number of aromatic nitrogens is 1. The summed E-state index contributed by atoms with van der Waals surface area (Å²) in [6.45, 7) is 0.320. The number of hydrogen-bond acceptors (Lipinski definition) is 4. The number of pyridine rings is 1. The van der Waals surface area contributed by atoms with Crippen molar-refractivity contribution in [2.45, 2.75) is 6.42 Å². The molecule has 0 saturated carbocycles. The molecule has 0 radical (unpaired) electrons. The smallest absolute Gasteiger partial charge is 0.269 e. The number of amides is 1. The maximum Gasteiger partial charge on any atom is 0.269 e. The second-order valence-electron chi connectivity index (χ2n) is 4.66. The third-order valence-electron chi connectivity index (χ3n) is 2.84. The molecule has 0 aliphatic carbocycles. The van der Waals surface area contributed by atoms with Crippen LogP contribution in [0.5, 0.6) is 0 Å². The van der Waals surface area contributed by atoms with Gasteiger partial charge in [0.2, 0.25) is 0 Å². The Kier molecular flexibility index (Phi) is 4.34. The van der Waals surface area contributed by atoms with Crippen molar-refractivity contribution in [1.29, 1.82) is 0 Å². The van der Waals surface area contributed by atoms with E-state index >= 15 is 0 Å². The first-order valence-corrected chi connectivity index (χ1v) is 8.32. The summed E-state index contributed by atoms with van der Waals surface area (Å²) in [6.07, 6.45) is 3.23. The molecular formula is C14H16N2O3S. The van der Waals surface area contributed by atoms with Crippen molar-refractivity contribution in [3.05, 3.63) is 42.2 Å². The number of carbonyl (C=O) groups is 1. The van der Waals surface area contributed by atoms with Crippen LogP contribution in [0.4, 0.5) is 0 Å². The summed E-state index contributed by atoms with van der Waals surface area (Å²) >= 11 is 0. The Balaban J connectivity index is 1.97. The number of rotatable bonds is 5. The average molecular weight is 292 g/mol. The van der Waals surface area contributed by atoms with Crippen molar-refractivity contribution in [2.75, 3.05) is 18.6 Å². The third kappa shape index (κ3) is 4.03. The quantitative estimate of drug-likeness (QED) is 0.845. The molecule has 1 N–H and O–H groups in total. The molecule has 1 amide bonds. The SMILES string of the molecule is CS(=O)(=O)CCCNC(=O)c1cc2ccccc2cn1. The van der Waals surface area contributed by atoms with E-state index in [1.807, 2.05) is 24.3 Å². The lowest BCUT2D eigenvalue weighted by Gasteiger charge is -2.05. The Hall–Kier alpha value is -1.95. The van der Waals surface area contributed by atoms with Crippen LogP contribution in [0.2, 0.25) is 0 Å². The van der Waals surface area contributed by atoms with Gasteiger partial charge in [0.05, 0.1) is 5.75 Å². The lowest BCUT2D eigenvalue weighted by atomic mass is 10.1. The summed E-state index contributed by atoms with van der Waals surface area (Å²) in [7, 11) is -2.98. The highest BCUT2D eigenvalue weighted by atomic mass is 32.2. The molecule has 1 heterocycles. The van der Waals surface area contributed by atoms with E-state index in [-0.39, 0.29) is 11.7 Å². The molecule has 0 aliphatic rings. The molecule has 5 nitrogen and oxygen atoms in total. The van der Waals surface area contributed by atoms with Gasteiger partial charge in [-0.05, 0) is 17.9 Å². The fraction of sp³-hybridized carbons (Fsp3) is 0.286. The van der Waals surface area contributed by atoms with Gasteiger partial charge in [-0.15, -0.1) is 0 Å². The van der Waals surface area contributed by atoms with Crippen LogP contribution < -0.4 is 5.32 Å². The Labute approximate surface area is 117 Å². The monoisotopic (exact) mass is 292 g/mol. The van der Waals surface area contributed by atoms with Gasteiger partial charge in [-0.25, -0.2) is 8.42 Å². The first kappa shape index (κ1) is 14.5. The van der Waals surface area contributed by atoms with Crippen LogP contribution in [-0.2, 0) is 9.84 Å². The largest absolute Gasteiger partial charge is 0.351 e. The van der Waals surface area contributed by atoms with Crippen LogP contribution in [0.3, 0.4) is 0 Å². The molecule has 6 heteroatoms. The van der Waals surface area contributed by atoms with Crippen LogP contribution in [0.25, 0.3) is 10.8 Å². The zero-order valence-corrected chi connectivity index (χ0v) is 12.0. The predicted molar refractivity (Wildman–Crippen MR) is 78.4 cm³/mol. The second-order valence-corrected chi connectivity index (χ2v) is 6.92. The van der Waals surface area contributed by atoms with E-state index in [1.54, 1.807) is 12.3 Å². The first-order valence-electron chi connectivity index (χ1n) is 6.26. The number of fused-ring (bicyclic) bond motifs is 1. The van der Waals surface area contributed by atoms with Crippen molar-refractivity contribution in [3.63, 3.8) is 0 Å². The Morgan fingerprint density at radius 1 is 1.25 bits per heavy atom. The molecule has 1 aromatic carbocycles. The second kappa shape index (κ2) is 6.00. The molecule has 2 aromatic rings. The number of hydrogen-bond donors (Lipinski definition) is 1. The standard InChI is InChI=1S/C14H16N2O3S/c1-20(18,19)8-4-7-15-14(17)13-9-11-5-2-3-6-12(11)10-16-13/h2-3,5-6,9-10H,4,7-8H2,1H3,(H,15,17). The van der Waals surface area contributed by atoms with E-state index in [0.29, 0.717) is 18.7 Å². The number of nitrogens with one attached hydrogen (secondary N) is 1. The van der Waals surface area contributed by atoms with Gasteiger partial charge in [-0.3, -0.25) is 9.78 Å². The third-order valence-corrected chi connectivity index (χ3v) is 3.87. The average Bonchev–Trinajstić information content (AvgIpc) is 2.42. The Morgan fingerprint density at radius 3 is 2.65 bits per heavy atom. The van der Waals surface area contributed by atoms with Gasteiger partial charge in [0.1, 0.15) is 15.5 Å². The Morgan fingerprint density at radius 2 is 1.95 bits per heavy atom. The van der Waals surface area contributed by atoms with E-state index in [2.05, 4.69) is 10.3 Å². The van der Waals surface area contributed by atoms with Gasteiger partial charge in [-0.1, -0.05) is 24.3 Å². The highest BCUT2D eigenvalue weighted by molar-refractivity contribution is 7.90. The van der Waals surface area contributed by atoms with Crippen molar-refractivity contribution >= 4 is 26.5 Å². The highest BCUT2D eigenvalue weighted by Crippen LogP contribution is 2.13. The minimum atomic E-state index is -2.98. The maximum atomic E-state index is 11.9. The highest BCUT2D eigenvalue weighted by Gasteiger charge is 2.08. The zero-order valence-electron chi connectivity index (χ0n) is 11.2. The molecule has 0 aliphatic heterocycles. The van der Waals surface area contributed by atoms with Crippen LogP contribution in [0.15, 0.2) is 36.5 Å². The van der Waals surface area contributed by atoms with E-state index in [0.717, 1.165) is 10.8 Å². The minimum Gasteiger partial charge on any atom is -0.351 e. The fourth-order valence-corrected chi connectivity index (χ4v) is 2.50. The van der Waals surface area contributed by atoms with Gasteiger partial charge < -0.3 is 5.32 Å². The maximum absolute atomic E-state index is 11.9. The molecule has 0 spiro atoms. The topological polar surface area (TPSA) is 76.1 Å². The molecule has 2 rings (SSSR count). The van der Waals surface area contributed by atoms with Crippen molar-refractivity contribution in [2.24, 2.45) is 0 Å². The van der Waals surface area contributed by atoms with E-state index < -0.39 is 9.84 Å². The molecule has 0 atom stereocenters. The molecule has 0 bridgehead atoms. The minimum absolute atomic E-state index is 0.0679. The summed E-state index contributed by atoms with van der Waals surface area (Å²) in [5, 5.41) is 4.59. The van der Waals surface area contributed by atoms with Crippen molar-refractivity contribution < 1.29 is 13.2 Å². The lowest BCUT2D eigenvalue weighted by Crippen LogP contribution is -2.26. The fourth-order valence-electron chi connectivity index (χ4n) is 1.83. The van der Waals surface area contributed by atoms with E-state index in [4.69, 9.17) is 0 Å². The molecule has 0 unspecified atom stereocenters. The van der Waals surface area contributed by atoms with Crippen LogP contribution >= 0.6 is 0 Å². The van der Waals surface area contributed by atoms with Gasteiger partial charge >= 0.3 is 0 Å². The van der Waals surface area contributed by atoms with Crippen molar-refractivity contribution in [3.8, 4) is 0 Å². The summed E-state index contributed by atoms with van der Waals surface area (Å²) < 4.78 is 21.9. The summed E-state index contributed by atoms with van der Waals surface area (Å²) in [5.74, 6) is -0.220. The predicted octanol–water partition coefficient (Wildman–Crippen LogP) is 1.40. The van der Waals surface area contributed by atoms with E-state index in [9.17, 15) is 13.2 Å². The van der Waals surface area contributed by atoms with Crippen LogP contribution in [0, 0.1) is 0 Å². The number of carbonyl (C=O) groups excluding carboxylic acids is 1. The molecule has 106 valence electrons. The number of nitrogens with zero attached hydrogens (tertiary/aromatic N) is 1.